The van der Waals surface area contributed by atoms with E-state index in [-0.39, 0.29) is 12.4 Å². The number of para-hydroxylation sites is 1. The number of anilines is 3. The van der Waals surface area contributed by atoms with Gasteiger partial charge in [-0.1, -0.05) is 12.1 Å². The molecule has 0 amide bonds. The normalized spacial score (nSPS) is 14.2. The minimum absolute atomic E-state index is 0. The van der Waals surface area contributed by atoms with Gasteiger partial charge in [0.05, 0.1) is 18.7 Å². The van der Waals surface area contributed by atoms with Crippen molar-refractivity contribution in [1.29, 1.82) is 0 Å². The van der Waals surface area contributed by atoms with Gasteiger partial charge < -0.3 is 15.0 Å². The Kier molecular flexibility index (Phi) is 5.13. The van der Waals surface area contributed by atoms with Crippen LogP contribution in [0, 0.1) is 0 Å². The van der Waals surface area contributed by atoms with Gasteiger partial charge in [0.15, 0.2) is 0 Å². The van der Waals surface area contributed by atoms with E-state index in [9.17, 15) is 0 Å². The smallest absolute Gasteiger partial charge is 0.141 e. The summed E-state index contributed by atoms with van der Waals surface area (Å²) in [4.78, 5) is 11.0. The number of nitrogens with zero attached hydrogens (tertiary/aromatic N) is 3. The molecule has 0 bridgehead atoms. The molecule has 0 spiro atoms. The van der Waals surface area contributed by atoms with Crippen LogP contribution in [-0.4, -0.2) is 36.3 Å². The first-order chi connectivity index (χ1) is 11.4. The molecule has 0 atom stereocenters. The summed E-state index contributed by atoms with van der Waals surface area (Å²) in [6, 6.07) is 16.4. The van der Waals surface area contributed by atoms with Crippen LogP contribution >= 0.6 is 12.4 Å². The van der Waals surface area contributed by atoms with Crippen molar-refractivity contribution in [2.45, 2.75) is 0 Å². The van der Waals surface area contributed by atoms with Crippen LogP contribution in [0.25, 0.3) is 10.9 Å². The average molecular weight is 343 g/mol. The Labute approximate surface area is 147 Å². The van der Waals surface area contributed by atoms with E-state index in [0.29, 0.717) is 0 Å². The first-order valence-corrected chi connectivity index (χ1v) is 7.80. The molecule has 0 aliphatic carbocycles. The largest absolute Gasteiger partial charge is 0.378 e. The first-order valence-electron chi connectivity index (χ1n) is 7.80. The molecule has 2 heterocycles. The Hall–Kier alpha value is -2.37. The van der Waals surface area contributed by atoms with Gasteiger partial charge in [0.2, 0.25) is 0 Å². The number of hydrogen-bond acceptors (Lipinski definition) is 5. The van der Waals surface area contributed by atoms with E-state index >= 15 is 0 Å². The van der Waals surface area contributed by atoms with E-state index in [1.165, 1.54) is 5.69 Å². The zero-order chi connectivity index (χ0) is 15.5. The minimum atomic E-state index is 0. The van der Waals surface area contributed by atoms with E-state index in [0.717, 1.165) is 48.7 Å². The molecule has 5 nitrogen and oxygen atoms in total. The van der Waals surface area contributed by atoms with Gasteiger partial charge in [-0.05, 0) is 36.4 Å². The number of ether oxygens (including phenoxy) is 1. The summed E-state index contributed by atoms with van der Waals surface area (Å²) in [5.41, 5.74) is 3.19. The summed E-state index contributed by atoms with van der Waals surface area (Å²) in [6.45, 7) is 3.49. The second-order valence-electron chi connectivity index (χ2n) is 5.51. The summed E-state index contributed by atoms with van der Waals surface area (Å²) in [6.07, 6.45) is 1.59. The van der Waals surface area contributed by atoms with Crippen LogP contribution in [0.2, 0.25) is 0 Å². The lowest BCUT2D eigenvalue weighted by molar-refractivity contribution is 0.122. The van der Waals surface area contributed by atoms with Crippen LogP contribution in [-0.2, 0) is 4.74 Å². The molecule has 1 saturated heterocycles. The Balaban J connectivity index is 0.00000169. The summed E-state index contributed by atoms with van der Waals surface area (Å²) in [5, 5.41) is 4.40. The topological polar surface area (TPSA) is 50.3 Å². The number of fused-ring (bicyclic) bond motifs is 1. The Bertz CT molecular complexity index is 798. The average Bonchev–Trinajstić information content (AvgIpc) is 2.63. The third-order valence-corrected chi connectivity index (χ3v) is 4.05. The molecular weight excluding hydrogens is 324 g/mol. The van der Waals surface area contributed by atoms with Crippen molar-refractivity contribution in [2.24, 2.45) is 0 Å². The van der Waals surface area contributed by atoms with Crippen molar-refractivity contribution < 1.29 is 4.74 Å². The van der Waals surface area contributed by atoms with Crippen molar-refractivity contribution in [3.63, 3.8) is 0 Å². The first kappa shape index (κ1) is 16.5. The van der Waals surface area contributed by atoms with E-state index in [1.54, 1.807) is 6.33 Å². The number of rotatable bonds is 3. The highest BCUT2D eigenvalue weighted by Crippen LogP contribution is 2.24. The van der Waals surface area contributed by atoms with Crippen LogP contribution in [0.1, 0.15) is 0 Å². The Morgan fingerprint density at radius 1 is 0.917 bits per heavy atom. The van der Waals surface area contributed by atoms with E-state index in [4.69, 9.17) is 4.74 Å². The van der Waals surface area contributed by atoms with Crippen LogP contribution in [0.3, 0.4) is 0 Å². The monoisotopic (exact) mass is 342 g/mol. The maximum Gasteiger partial charge on any atom is 0.141 e. The van der Waals surface area contributed by atoms with Gasteiger partial charge in [-0.25, -0.2) is 9.97 Å². The zero-order valence-electron chi connectivity index (χ0n) is 13.2. The number of hydrogen-bond donors (Lipinski definition) is 1. The van der Waals surface area contributed by atoms with Crippen molar-refractivity contribution >= 4 is 40.5 Å². The molecule has 1 aliphatic heterocycles. The molecule has 0 saturated carbocycles. The molecule has 1 aliphatic rings. The number of morpholine rings is 1. The van der Waals surface area contributed by atoms with Crippen LogP contribution in [0.4, 0.5) is 17.2 Å². The van der Waals surface area contributed by atoms with Gasteiger partial charge in [0.1, 0.15) is 12.1 Å². The highest BCUT2D eigenvalue weighted by molar-refractivity contribution is 5.90. The van der Waals surface area contributed by atoms with Gasteiger partial charge in [-0.3, -0.25) is 0 Å². The lowest BCUT2D eigenvalue weighted by Gasteiger charge is -2.28. The molecule has 1 N–H and O–H groups in total. The van der Waals surface area contributed by atoms with Crippen molar-refractivity contribution in [3.05, 3.63) is 54.9 Å². The third kappa shape index (κ3) is 3.42. The molecule has 0 unspecified atom stereocenters. The molecule has 0 radical (unpaired) electrons. The quantitative estimate of drug-likeness (QED) is 0.787. The maximum absolute atomic E-state index is 5.40. The molecule has 3 aromatic rings. The van der Waals surface area contributed by atoms with E-state index in [2.05, 4.69) is 44.5 Å². The second-order valence-corrected chi connectivity index (χ2v) is 5.51. The SMILES string of the molecule is Cl.c1ccc2c(Nc3ccc(N4CCOCC4)cc3)ncnc2c1. The number of nitrogens with one attached hydrogen (secondary N) is 1. The summed E-state index contributed by atoms with van der Waals surface area (Å²) in [5.74, 6) is 0.828. The van der Waals surface area contributed by atoms with Gasteiger partial charge >= 0.3 is 0 Å². The van der Waals surface area contributed by atoms with Gasteiger partial charge in [0.25, 0.3) is 0 Å². The summed E-state index contributed by atoms with van der Waals surface area (Å²) < 4.78 is 5.40. The predicted octanol–water partition coefficient (Wildman–Crippen LogP) is 3.63. The van der Waals surface area contributed by atoms with Crippen molar-refractivity contribution in [1.82, 2.24) is 9.97 Å². The molecule has 1 fully saturated rings. The minimum Gasteiger partial charge on any atom is -0.378 e. The van der Waals surface area contributed by atoms with E-state index in [1.807, 2.05) is 24.3 Å². The van der Waals surface area contributed by atoms with Crippen LogP contribution < -0.4 is 10.2 Å². The van der Waals surface area contributed by atoms with Gasteiger partial charge in [0, 0.05) is 29.9 Å². The lowest BCUT2D eigenvalue weighted by atomic mass is 10.2. The van der Waals surface area contributed by atoms with Gasteiger partial charge in [-0.15, -0.1) is 12.4 Å². The maximum atomic E-state index is 5.40. The van der Waals surface area contributed by atoms with Crippen molar-refractivity contribution in [3.8, 4) is 0 Å². The fourth-order valence-corrected chi connectivity index (χ4v) is 2.82. The van der Waals surface area contributed by atoms with E-state index < -0.39 is 0 Å². The van der Waals surface area contributed by atoms with Crippen LogP contribution in [0.15, 0.2) is 54.9 Å². The Morgan fingerprint density at radius 2 is 1.67 bits per heavy atom. The Morgan fingerprint density at radius 3 is 2.46 bits per heavy atom. The molecular formula is C18H19ClN4O. The predicted molar refractivity (Wildman–Crippen MR) is 99.5 cm³/mol. The number of benzene rings is 2. The highest BCUT2D eigenvalue weighted by atomic mass is 35.5. The fourth-order valence-electron chi connectivity index (χ4n) is 2.82. The second kappa shape index (κ2) is 7.47. The number of halogens is 1. The molecule has 24 heavy (non-hydrogen) atoms. The highest BCUT2D eigenvalue weighted by Gasteiger charge is 2.11. The summed E-state index contributed by atoms with van der Waals surface area (Å²) >= 11 is 0. The molecule has 1 aromatic heterocycles. The standard InChI is InChI=1S/C18H18N4O.ClH/c1-2-4-17-16(3-1)18(20-13-19-17)21-14-5-7-15(8-6-14)22-9-11-23-12-10-22;/h1-8,13H,9-12H2,(H,19,20,21);1H. The number of aromatic nitrogens is 2. The zero-order valence-corrected chi connectivity index (χ0v) is 14.0. The van der Waals surface area contributed by atoms with Crippen LogP contribution in [0.5, 0.6) is 0 Å². The molecule has 4 rings (SSSR count). The molecule has 124 valence electrons. The lowest BCUT2D eigenvalue weighted by Crippen LogP contribution is -2.36. The van der Waals surface area contributed by atoms with Gasteiger partial charge in [-0.2, -0.15) is 0 Å². The molecule has 2 aromatic carbocycles. The fraction of sp³-hybridized carbons (Fsp3) is 0.222. The summed E-state index contributed by atoms with van der Waals surface area (Å²) in [7, 11) is 0. The van der Waals surface area contributed by atoms with Crippen molar-refractivity contribution in [2.75, 3.05) is 36.5 Å². The molecule has 6 heteroatoms. The third-order valence-electron chi connectivity index (χ3n) is 4.05.